The molecule has 0 aromatic heterocycles. The minimum absolute atomic E-state index is 0.0569. The van der Waals surface area contributed by atoms with Crippen molar-refractivity contribution in [1.82, 2.24) is 10.6 Å². The Bertz CT molecular complexity index is 204. The maximum absolute atomic E-state index is 11.2. The minimum Gasteiger partial charge on any atom is -0.388 e. The quantitative estimate of drug-likeness (QED) is 0.382. The molecule has 13 heavy (non-hydrogen) atoms. The lowest BCUT2D eigenvalue weighted by Gasteiger charge is -2.09. The molecule has 1 aliphatic heterocycles. The molecule has 0 saturated carbocycles. The van der Waals surface area contributed by atoms with E-state index in [-0.39, 0.29) is 18.5 Å². The Kier molecular flexibility index (Phi) is 3.70. The van der Waals surface area contributed by atoms with E-state index in [1.807, 2.05) is 0 Å². The van der Waals surface area contributed by atoms with E-state index in [4.69, 9.17) is 5.73 Å². The molecule has 5 heteroatoms. The summed E-state index contributed by atoms with van der Waals surface area (Å²) in [5.74, 6) is 0.387. The molecule has 0 unspecified atom stereocenters. The maximum atomic E-state index is 11.2. The molecular formula is C8H16N4O. The van der Waals surface area contributed by atoms with Crippen LogP contribution < -0.4 is 16.4 Å². The monoisotopic (exact) mass is 184 g/mol. The number of hydrogen-bond donors (Lipinski definition) is 3. The summed E-state index contributed by atoms with van der Waals surface area (Å²) in [7, 11) is 0. The molecule has 1 fully saturated rings. The first-order valence-electron chi connectivity index (χ1n) is 4.45. The number of nitrogens with two attached hydrogens (primary N) is 1. The van der Waals surface area contributed by atoms with Gasteiger partial charge in [0.15, 0.2) is 0 Å². The number of carbonyl (C=O) groups is 1. The van der Waals surface area contributed by atoms with Gasteiger partial charge in [0.2, 0.25) is 5.91 Å². The SMILES string of the molecule is CC(N)=NCC(=O)N[C@H]1CCNC1. The van der Waals surface area contributed by atoms with Gasteiger partial charge in [0.25, 0.3) is 0 Å². The van der Waals surface area contributed by atoms with Gasteiger partial charge in [-0.25, -0.2) is 0 Å². The number of nitrogens with one attached hydrogen (secondary N) is 2. The fraction of sp³-hybridized carbons (Fsp3) is 0.750. The number of amidine groups is 1. The van der Waals surface area contributed by atoms with Crippen molar-refractivity contribution in [1.29, 1.82) is 0 Å². The van der Waals surface area contributed by atoms with Gasteiger partial charge in [-0.3, -0.25) is 9.79 Å². The molecule has 1 atom stereocenters. The minimum atomic E-state index is -0.0569. The van der Waals surface area contributed by atoms with E-state index in [0.717, 1.165) is 19.5 Å². The predicted octanol–water partition coefficient (Wildman–Crippen LogP) is -1.16. The van der Waals surface area contributed by atoms with Gasteiger partial charge >= 0.3 is 0 Å². The van der Waals surface area contributed by atoms with Crippen LogP contribution in [0.15, 0.2) is 4.99 Å². The summed E-state index contributed by atoms with van der Waals surface area (Å²) in [6.07, 6.45) is 0.997. The van der Waals surface area contributed by atoms with Crippen molar-refractivity contribution in [3.05, 3.63) is 0 Å². The predicted molar refractivity (Wildman–Crippen MR) is 51.6 cm³/mol. The van der Waals surface area contributed by atoms with Crippen molar-refractivity contribution < 1.29 is 4.79 Å². The van der Waals surface area contributed by atoms with Crippen molar-refractivity contribution in [3.8, 4) is 0 Å². The third-order valence-corrected chi connectivity index (χ3v) is 1.90. The van der Waals surface area contributed by atoms with E-state index < -0.39 is 0 Å². The summed E-state index contributed by atoms with van der Waals surface area (Å²) in [5, 5.41) is 6.04. The highest BCUT2D eigenvalue weighted by atomic mass is 16.1. The fourth-order valence-electron chi connectivity index (χ4n) is 1.25. The summed E-state index contributed by atoms with van der Waals surface area (Å²) in [6.45, 7) is 3.64. The van der Waals surface area contributed by atoms with Gasteiger partial charge in [0.1, 0.15) is 6.54 Å². The van der Waals surface area contributed by atoms with Gasteiger partial charge < -0.3 is 16.4 Å². The number of nitrogens with zero attached hydrogens (tertiary/aromatic N) is 1. The van der Waals surface area contributed by atoms with Crippen LogP contribution in [0.1, 0.15) is 13.3 Å². The van der Waals surface area contributed by atoms with E-state index in [1.54, 1.807) is 6.92 Å². The molecule has 74 valence electrons. The lowest BCUT2D eigenvalue weighted by Crippen LogP contribution is -2.37. The summed E-state index contributed by atoms with van der Waals surface area (Å²) < 4.78 is 0. The van der Waals surface area contributed by atoms with Crippen LogP contribution in [-0.2, 0) is 4.79 Å². The molecule has 0 spiro atoms. The number of carbonyl (C=O) groups excluding carboxylic acids is 1. The third kappa shape index (κ3) is 3.89. The van der Waals surface area contributed by atoms with Crippen molar-refractivity contribution in [2.45, 2.75) is 19.4 Å². The standard InChI is InChI=1S/C8H16N4O/c1-6(9)11-5-8(13)12-7-2-3-10-4-7/h7,10H,2-5H2,1H3,(H2,9,11)(H,12,13)/t7-/m0/s1. The highest BCUT2D eigenvalue weighted by molar-refractivity contribution is 5.83. The first kappa shape index (κ1) is 9.98. The lowest BCUT2D eigenvalue weighted by molar-refractivity contribution is -0.120. The molecule has 0 aromatic rings. The van der Waals surface area contributed by atoms with Gasteiger partial charge in [0, 0.05) is 12.6 Å². The van der Waals surface area contributed by atoms with Crippen molar-refractivity contribution in [3.63, 3.8) is 0 Å². The van der Waals surface area contributed by atoms with Crippen LogP contribution in [0.3, 0.4) is 0 Å². The summed E-state index contributed by atoms with van der Waals surface area (Å²) >= 11 is 0. The molecule has 0 aromatic carbocycles. The van der Waals surface area contributed by atoms with E-state index in [1.165, 1.54) is 0 Å². The molecule has 1 rings (SSSR count). The molecule has 1 heterocycles. The Balaban J connectivity index is 2.20. The molecule has 0 radical (unpaired) electrons. The van der Waals surface area contributed by atoms with Crippen LogP contribution in [0, 0.1) is 0 Å². The smallest absolute Gasteiger partial charge is 0.241 e. The van der Waals surface area contributed by atoms with Crippen LogP contribution in [0.25, 0.3) is 0 Å². The van der Waals surface area contributed by atoms with E-state index in [9.17, 15) is 4.79 Å². The largest absolute Gasteiger partial charge is 0.388 e. The van der Waals surface area contributed by atoms with Crippen LogP contribution in [0.2, 0.25) is 0 Å². The Morgan fingerprint density at radius 1 is 1.77 bits per heavy atom. The van der Waals surface area contributed by atoms with Crippen LogP contribution in [0.4, 0.5) is 0 Å². The summed E-state index contributed by atoms with van der Waals surface area (Å²) in [4.78, 5) is 15.0. The van der Waals surface area contributed by atoms with Crippen molar-refractivity contribution in [2.24, 2.45) is 10.7 Å². The maximum Gasteiger partial charge on any atom is 0.241 e. The van der Waals surface area contributed by atoms with Crippen LogP contribution in [-0.4, -0.2) is 37.4 Å². The molecule has 4 N–H and O–H groups in total. The Morgan fingerprint density at radius 3 is 3.08 bits per heavy atom. The molecular weight excluding hydrogens is 168 g/mol. The topological polar surface area (TPSA) is 79.5 Å². The molecule has 1 amide bonds. The highest BCUT2D eigenvalue weighted by Gasteiger charge is 2.15. The summed E-state index contributed by atoms with van der Waals surface area (Å²) in [5.41, 5.74) is 5.31. The Hall–Kier alpha value is -1.10. The lowest BCUT2D eigenvalue weighted by atomic mass is 10.2. The van der Waals surface area contributed by atoms with E-state index in [0.29, 0.717) is 5.84 Å². The molecule has 1 aliphatic rings. The third-order valence-electron chi connectivity index (χ3n) is 1.90. The number of rotatable bonds is 3. The molecule has 0 bridgehead atoms. The van der Waals surface area contributed by atoms with Gasteiger partial charge in [-0.15, -0.1) is 0 Å². The second kappa shape index (κ2) is 4.81. The van der Waals surface area contributed by atoms with E-state index >= 15 is 0 Å². The summed E-state index contributed by atoms with van der Waals surface area (Å²) in [6, 6.07) is 0.265. The first-order valence-corrected chi connectivity index (χ1v) is 4.45. The zero-order chi connectivity index (χ0) is 9.68. The number of amides is 1. The van der Waals surface area contributed by atoms with Crippen LogP contribution >= 0.6 is 0 Å². The van der Waals surface area contributed by atoms with Crippen LogP contribution in [0.5, 0.6) is 0 Å². The first-order chi connectivity index (χ1) is 6.18. The molecule has 5 nitrogen and oxygen atoms in total. The zero-order valence-electron chi connectivity index (χ0n) is 7.84. The van der Waals surface area contributed by atoms with E-state index in [2.05, 4.69) is 15.6 Å². The van der Waals surface area contributed by atoms with Crippen molar-refractivity contribution in [2.75, 3.05) is 19.6 Å². The normalized spacial score (nSPS) is 23.2. The Labute approximate surface area is 77.8 Å². The average Bonchev–Trinajstić information content (AvgIpc) is 2.53. The van der Waals surface area contributed by atoms with Gasteiger partial charge in [0.05, 0.1) is 5.84 Å². The number of aliphatic imine (C=N–C) groups is 1. The van der Waals surface area contributed by atoms with Gasteiger partial charge in [-0.05, 0) is 19.9 Å². The Morgan fingerprint density at radius 2 is 2.54 bits per heavy atom. The molecule has 0 aliphatic carbocycles. The fourth-order valence-corrected chi connectivity index (χ4v) is 1.25. The highest BCUT2D eigenvalue weighted by Crippen LogP contribution is 1.96. The van der Waals surface area contributed by atoms with Gasteiger partial charge in [-0.2, -0.15) is 0 Å². The van der Waals surface area contributed by atoms with Crippen molar-refractivity contribution >= 4 is 11.7 Å². The number of hydrogen-bond acceptors (Lipinski definition) is 3. The molecule has 1 saturated heterocycles. The second-order valence-electron chi connectivity index (χ2n) is 3.21. The average molecular weight is 184 g/mol. The zero-order valence-corrected chi connectivity index (χ0v) is 7.84. The second-order valence-corrected chi connectivity index (χ2v) is 3.21. The van der Waals surface area contributed by atoms with Gasteiger partial charge in [-0.1, -0.05) is 0 Å².